The summed E-state index contributed by atoms with van der Waals surface area (Å²) in [6.07, 6.45) is -3.29. The maximum atomic E-state index is 12.8. The van der Waals surface area contributed by atoms with Crippen LogP contribution in [0.4, 0.5) is 18.9 Å². The Morgan fingerprint density at radius 1 is 1.35 bits per heavy atom. The number of carbonyl (C=O) groups is 2. The van der Waals surface area contributed by atoms with E-state index < -0.39 is 23.7 Å². The Bertz CT molecular complexity index is 843. The predicted molar refractivity (Wildman–Crippen MR) is 89.3 cm³/mol. The molecule has 0 aliphatic heterocycles. The summed E-state index contributed by atoms with van der Waals surface area (Å²) in [7, 11) is 0. The van der Waals surface area contributed by atoms with Gasteiger partial charge in [0.1, 0.15) is 0 Å². The van der Waals surface area contributed by atoms with Gasteiger partial charge in [-0.05, 0) is 29.8 Å². The molecule has 0 unspecified atom stereocenters. The van der Waals surface area contributed by atoms with E-state index in [0.717, 1.165) is 4.68 Å². The zero-order valence-electron chi connectivity index (χ0n) is 13.9. The van der Waals surface area contributed by atoms with Crippen molar-refractivity contribution >= 4 is 33.4 Å². The third kappa shape index (κ3) is 4.23. The van der Waals surface area contributed by atoms with Gasteiger partial charge in [0.25, 0.3) is 5.91 Å². The first-order valence-corrected chi connectivity index (χ1v) is 8.31. The normalized spacial score (nSPS) is 11.6. The number of nitrogens with zero attached hydrogens (tertiary/aromatic N) is 4. The number of amides is 2. The molecule has 0 saturated heterocycles. The Morgan fingerprint density at radius 3 is 2.50 bits per heavy atom. The Balaban J connectivity index is 2.09. The number of primary amides is 1. The number of rotatable bonds is 6. The molecule has 0 atom stereocenters. The van der Waals surface area contributed by atoms with Crippen molar-refractivity contribution < 1.29 is 22.8 Å². The molecule has 0 saturated carbocycles. The van der Waals surface area contributed by atoms with Crippen LogP contribution in [0, 0.1) is 6.92 Å². The third-order valence-corrected chi connectivity index (χ3v) is 4.50. The van der Waals surface area contributed by atoms with Crippen LogP contribution in [0.2, 0.25) is 0 Å². The first-order chi connectivity index (χ1) is 12.0. The quantitative estimate of drug-likeness (QED) is 0.723. The number of nitrogens with one attached hydrogen (secondary N) is 1. The Hall–Kier alpha value is -2.37. The summed E-state index contributed by atoms with van der Waals surface area (Å²) in [6, 6.07) is 0. The molecule has 2 amide bonds. The topological polar surface area (TPSA) is 108 Å². The first kappa shape index (κ1) is 19.9. The van der Waals surface area contributed by atoms with E-state index in [9.17, 15) is 22.8 Å². The number of aromatic nitrogens is 4. The van der Waals surface area contributed by atoms with Crippen LogP contribution in [0.25, 0.3) is 0 Å². The fourth-order valence-corrected chi connectivity index (χ4v) is 2.71. The molecule has 0 aliphatic carbocycles. The number of hydrogen-bond donors (Lipinski definition) is 2. The van der Waals surface area contributed by atoms with E-state index in [1.54, 1.807) is 6.92 Å². The van der Waals surface area contributed by atoms with Gasteiger partial charge in [0.2, 0.25) is 5.91 Å². The van der Waals surface area contributed by atoms with Gasteiger partial charge in [-0.3, -0.25) is 19.0 Å². The number of nitrogens with two attached hydrogens (primary N) is 1. The fraction of sp³-hybridized carbons (Fsp3) is 0.429. The van der Waals surface area contributed by atoms with E-state index in [-0.39, 0.29) is 34.5 Å². The summed E-state index contributed by atoms with van der Waals surface area (Å²) in [6.45, 7) is 3.65. The lowest BCUT2D eigenvalue weighted by Gasteiger charge is -2.06. The third-order valence-electron chi connectivity index (χ3n) is 3.55. The van der Waals surface area contributed by atoms with Crippen LogP contribution < -0.4 is 11.1 Å². The molecule has 2 heterocycles. The molecule has 2 rings (SSSR count). The molecule has 0 bridgehead atoms. The molecule has 2 aromatic heterocycles. The van der Waals surface area contributed by atoms with Crippen LogP contribution in [0.15, 0.2) is 10.7 Å². The van der Waals surface area contributed by atoms with E-state index in [0.29, 0.717) is 6.54 Å². The van der Waals surface area contributed by atoms with Gasteiger partial charge in [-0.1, -0.05) is 0 Å². The van der Waals surface area contributed by atoms with Gasteiger partial charge in [-0.25, -0.2) is 0 Å². The molecule has 3 N–H and O–H groups in total. The van der Waals surface area contributed by atoms with Gasteiger partial charge < -0.3 is 11.1 Å². The molecule has 0 spiro atoms. The van der Waals surface area contributed by atoms with E-state index >= 15 is 0 Å². The Kier molecular flexibility index (Phi) is 5.74. The number of carbonyl (C=O) groups excluding carboxylic acids is 2. The van der Waals surface area contributed by atoms with Crippen molar-refractivity contribution in [2.75, 3.05) is 5.32 Å². The zero-order chi connectivity index (χ0) is 19.6. The monoisotopic (exact) mass is 436 g/mol. The number of anilines is 1. The second-order valence-electron chi connectivity index (χ2n) is 5.38. The van der Waals surface area contributed by atoms with E-state index in [4.69, 9.17) is 5.73 Å². The average molecular weight is 437 g/mol. The van der Waals surface area contributed by atoms with Gasteiger partial charge in [0.05, 0.1) is 22.4 Å². The minimum absolute atomic E-state index is 0.0693. The van der Waals surface area contributed by atoms with Crippen molar-refractivity contribution in [3.8, 4) is 0 Å². The van der Waals surface area contributed by atoms with Crippen molar-refractivity contribution in [1.82, 2.24) is 19.6 Å². The smallest absolute Gasteiger partial charge is 0.364 e. The van der Waals surface area contributed by atoms with Crippen LogP contribution in [-0.2, 0) is 24.1 Å². The standard InChI is InChI=1S/C14H16BrF3N6O2/c1-3-23-6-8(11(21-23)13(19)26)20-9(25)4-5-24-7(2)10(15)12(22-24)14(16,17)18/h6H,3-5H2,1-2H3,(H2,19,26)(H,20,25). The molecule has 12 heteroatoms. The van der Waals surface area contributed by atoms with E-state index in [1.165, 1.54) is 17.8 Å². The molecule has 0 radical (unpaired) electrons. The Labute approximate surface area is 154 Å². The molecule has 142 valence electrons. The van der Waals surface area contributed by atoms with Gasteiger partial charge in [-0.15, -0.1) is 0 Å². The SMILES string of the molecule is CCn1cc(NC(=O)CCn2nc(C(F)(F)F)c(Br)c2C)c(C(N)=O)n1. The van der Waals surface area contributed by atoms with E-state index in [2.05, 4.69) is 31.4 Å². The molecule has 0 aliphatic rings. The lowest BCUT2D eigenvalue weighted by molar-refractivity contribution is -0.142. The van der Waals surface area contributed by atoms with Crippen LogP contribution in [0.1, 0.15) is 35.2 Å². The van der Waals surface area contributed by atoms with Crippen molar-refractivity contribution in [2.24, 2.45) is 5.73 Å². The van der Waals surface area contributed by atoms with Crippen LogP contribution >= 0.6 is 15.9 Å². The largest absolute Gasteiger partial charge is 0.436 e. The van der Waals surface area contributed by atoms with Crippen molar-refractivity contribution in [3.63, 3.8) is 0 Å². The highest BCUT2D eigenvalue weighted by atomic mass is 79.9. The van der Waals surface area contributed by atoms with Gasteiger partial charge in [0, 0.05) is 19.2 Å². The molecular formula is C14H16BrF3N6O2. The first-order valence-electron chi connectivity index (χ1n) is 7.51. The molecule has 2 aromatic rings. The van der Waals surface area contributed by atoms with Crippen molar-refractivity contribution in [3.05, 3.63) is 27.8 Å². The number of hydrogen-bond acceptors (Lipinski definition) is 4. The van der Waals surface area contributed by atoms with E-state index in [1.807, 2.05) is 0 Å². The highest BCUT2D eigenvalue weighted by molar-refractivity contribution is 9.10. The van der Waals surface area contributed by atoms with Crippen molar-refractivity contribution in [2.45, 2.75) is 39.5 Å². The maximum Gasteiger partial charge on any atom is 0.436 e. The minimum atomic E-state index is -4.60. The van der Waals surface area contributed by atoms with Gasteiger partial charge in [0.15, 0.2) is 11.4 Å². The molecule has 0 aromatic carbocycles. The zero-order valence-corrected chi connectivity index (χ0v) is 15.5. The second-order valence-corrected chi connectivity index (χ2v) is 6.17. The Morgan fingerprint density at radius 2 is 2.00 bits per heavy atom. The highest BCUT2D eigenvalue weighted by Crippen LogP contribution is 2.35. The van der Waals surface area contributed by atoms with Gasteiger partial charge >= 0.3 is 6.18 Å². The summed E-state index contributed by atoms with van der Waals surface area (Å²) < 4.78 is 40.9. The second kappa shape index (κ2) is 7.48. The fourth-order valence-electron chi connectivity index (χ4n) is 2.20. The summed E-state index contributed by atoms with van der Waals surface area (Å²) in [4.78, 5) is 23.4. The maximum absolute atomic E-state index is 12.8. The van der Waals surface area contributed by atoms with Crippen LogP contribution in [-0.4, -0.2) is 31.4 Å². The number of aryl methyl sites for hydroxylation is 2. The summed E-state index contributed by atoms with van der Waals surface area (Å²) in [5, 5.41) is 9.92. The minimum Gasteiger partial charge on any atom is -0.364 e. The molecule has 26 heavy (non-hydrogen) atoms. The highest BCUT2D eigenvalue weighted by Gasteiger charge is 2.37. The molecular weight excluding hydrogens is 421 g/mol. The molecule has 0 fully saturated rings. The summed E-state index contributed by atoms with van der Waals surface area (Å²) in [5.74, 6) is -1.31. The predicted octanol–water partition coefficient (Wildman–Crippen LogP) is 2.32. The lowest BCUT2D eigenvalue weighted by Crippen LogP contribution is -2.19. The number of halogens is 4. The summed E-state index contributed by atoms with van der Waals surface area (Å²) >= 11 is 2.87. The van der Waals surface area contributed by atoms with Crippen LogP contribution in [0.5, 0.6) is 0 Å². The average Bonchev–Trinajstić information content (AvgIpc) is 3.07. The van der Waals surface area contributed by atoms with Crippen molar-refractivity contribution in [1.29, 1.82) is 0 Å². The van der Waals surface area contributed by atoms with Crippen LogP contribution in [0.3, 0.4) is 0 Å². The summed E-state index contributed by atoms with van der Waals surface area (Å²) in [5.41, 5.74) is 4.48. The lowest BCUT2D eigenvalue weighted by atomic mass is 10.3. The molecule has 8 nitrogen and oxygen atoms in total. The van der Waals surface area contributed by atoms with Gasteiger partial charge in [-0.2, -0.15) is 23.4 Å². The number of alkyl halides is 3.